The molecule has 6 heteroatoms. The van der Waals surface area contributed by atoms with Crippen molar-refractivity contribution in [1.29, 1.82) is 0 Å². The number of amides is 2. The van der Waals surface area contributed by atoms with E-state index in [1.54, 1.807) is 24.1 Å². The first-order valence-electron chi connectivity index (χ1n) is 10.9. The first-order valence-corrected chi connectivity index (χ1v) is 11.3. The lowest BCUT2D eigenvalue weighted by Gasteiger charge is -2.38. The molecule has 5 nitrogen and oxygen atoms in total. The summed E-state index contributed by atoms with van der Waals surface area (Å²) >= 11 is 6.28. The van der Waals surface area contributed by atoms with Gasteiger partial charge in [-0.15, -0.1) is 0 Å². The first-order chi connectivity index (χ1) is 15.7. The van der Waals surface area contributed by atoms with Crippen molar-refractivity contribution in [3.05, 3.63) is 94.0 Å². The Morgan fingerprint density at radius 1 is 0.939 bits per heavy atom. The summed E-state index contributed by atoms with van der Waals surface area (Å²) in [6, 6.07) is 20.6. The Morgan fingerprint density at radius 3 is 2.30 bits per heavy atom. The largest absolute Gasteiger partial charge is 0.497 e. The fourth-order valence-electron chi connectivity index (χ4n) is 5.10. The van der Waals surface area contributed by atoms with Crippen LogP contribution in [0.2, 0.25) is 5.02 Å². The van der Waals surface area contributed by atoms with Gasteiger partial charge in [0, 0.05) is 33.8 Å². The van der Waals surface area contributed by atoms with Crippen molar-refractivity contribution in [2.24, 2.45) is 0 Å². The van der Waals surface area contributed by atoms with Gasteiger partial charge >= 0.3 is 0 Å². The Hall–Kier alpha value is -3.31. The monoisotopic (exact) mass is 460 g/mol. The lowest BCUT2D eigenvalue weighted by atomic mass is 9.83. The second-order valence-electron chi connectivity index (χ2n) is 9.47. The van der Waals surface area contributed by atoms with Crippen LogP contribution in [0.25, 0.3) is 0 Å². The van der Waals surface area contributed by atoms with Crippen LogP contribution in [0.1, 0.15) is 47.8 Å². The molecule has 0 fully saturated rings. The molecule has 0 saturated heterocycles. The van der Waals surface area contributed by atoms with Crippen molar-refractivity contribution in [3.8, 4) is 5.75 Å². The van der Waals surface area contributed by atoms with E-state index in [2.05, 4.69) is 0 Å². The van der Waals surface area contributed by atoms with Gasteiger partial charge in [-0.3, -0.25) is 9.59 Å². The predicted octanol–water partition coefficient (Wildman–Crippen LogP) is 5.39. The van der Waals surface area contributed by atoms with Gasteiger partial charge in [0.1, 0.15) is 5.75 Å². The minimum atomic E-state index is -1.25. The molecule has 1 spiro atoms. The number of carbonyl (C=O) groups excluding carboxylic acids is 2. The van der Waals surface area contributed by atoms with Gasteiger partial charge in [0.25, 0.3) is 11.8 Å². The van der Waals surface area contributed by atoms with Crippen LogP contribution in [0, 0.1) is 0 Å². The summed E-state index contributed by atoms with van der Waals surface area (Å²) in [7, 11) is 1.61. The average Bonchev–Trinajstić information content (AvgIpc) is 3.19. The highest BCUT2D eigenvalue weighted by Gasteiger charge is 2.63. The van der Waals surface area contributed by atoms with Crippen LogP contribution in [0.15, 0.2) is 66.7 Å². The SMILES string of the molecule is COc1ccc(CN2C(=O)c3cc(Cl)ccc3C23C(=O)N(C(C)(C)C)c2ccccc23)cc1. The predicted molar refractivity (Wildman–Crippen MR) is 129 cm³/mol. The third-order valence-corrected chi connectivity index (χ3v) is 6.70. The number of rotatable bonds is 3. The molecule has 0 aromatic heterocycles. The van der Waals surface area contributed by atoms with Crippen LogP contribution < -0.4 is 9.64 Å². The van der Waals surface area contributed by atoms with Gasteiger partial charge in [-0.1, -0.05) is 48.0 Å². The van der Waals surface area contributed by atoms with E-state index in [0.717, 1.165) is 22.6 Å². The quantitative estimate of drug-likeness (QED) is 0.526. The number of halogens is 1. The second-order valence-corrected chi connectivity index (χ2v) is 9.90. The Balaban J connectivity index is 1.76. The molecule has 5 rings (SSSR count). The van der Waals surface area contributed by atoms with Gasteiger partial charge < -0.3 is 14.5 Å². The highest BCUT2D eigenvalue weighted by molar-refractivity contribution is 6.31. The number of para-hydroxylation sites is 1. The van der Waals surface area contributed by atoms with Crippen molar-refractivity contribution in [2.45, 2.75) is 38.4 Å². The van der Waals surface area contributed by atoms with E-state index in [9.17, 15) is 9.59 Å². The van der Waals surface area contributed by atoms with E-state index < -0.39 is 11.1 Å². The number of fused-ring (bicyclic) bond motifs is 4. The van der Waals surface area contributed by atoms with Crippen LogP contribution in [-0.4, -0.2) is 29.4 Å². The Labute approximate surface area is 198 Å². The van der Waals surface area contributed by atoms with Crippen molar-refractivity contribution >= 4 is 29.1 Å². The molecule has 2 heterocycles. The van der Waals surface area contributed by atoms with Crippen LogP contribution in [-0.2, 0) is 16.9 Å². The highest BCUT2D eigenvalue weighted by atomic mass is 35.5. The summed E-state index contributed by atoms with van der Waals surface area (Å²) < 4.78 is 5.28. The zero-order valence-electron chi connectivity index (χ0n) is 19.1. The molecular weight excluding hydrogens is 436 g/mol. The van der Waals surface area contributed by atoms with Gasteiger partial charge in [0.05, 0.1) is 12.8 Å². The number of methoxy groups -OCH3 is 1. The Bertz CT molecular complexity index is 1280. The number of ether oxygens (including phenoxy) is 1. The standard InChI is InChI=1S/C27H25ClN2O3/c1-26(2,3)30-23-8-6-5-7-22(23)27(25(30)32)21-14-11-18(28)15-20(21)24(31)29(27)16-17-9-12-19(33-4)13-10-17/h5-15H,16H2,1-4H3. The average molecular weight is 461 g/mol. The summed E-state index contributed by atoms with van der Waals surface area (Å²) in [5.74, 6) is 0.402. The maximum absolute atomic E-state index is 14.4. The molecule has 3 aromatic rings. The van der Waals surface area contributed by atoms with E-state index in [4.69, 9.17) is 16.3 Å². The van der Waals surface area contributed by atoms with Crippen LogP contribution in [0.4, 0.5) is 5.69 Å². The van der Waals surface area contributed by atoms with E-state index >= 15 is 0 Å². The van der Waals surface area contributed by atoms with Gasteiger partial charge in [0.15, 0.2) is 5.54 Å². The summed E-state index contributed by atoms with van der Waals surface area (Å²) in [6.07, 6.45) is 0. The van der Waals surface area contributed by atoms with E-state index in [1.807, 2.05) is 80.3 Å². The fraction of sp³-hybridized carbons (Fsp3) is 0.259. The zero-order chi connectivity index (χ0) is 23.5. The molecule has 168 valence electrons. The summed E-state index contributed by atoms with van der Waals surface area (Å²) in [6.45, 7) is 6.29. The van der Waals surface area contributed by atoms with Crippen molar-refractivity contribution in [3.63, 3.8) is 0 Å². The molecule has 2 aliphatic heterocycles. The Morgan fingerprint density at radius 2 is 1.64 bits per heavy atom. The van der Waals surface area contributed by atoms with Gasteiger partial charge in [-0.25, -0.2) is 0 Å². The molecule has 0 radical (unpaired) electrons. The van der Waals surface area contributed by atoms with Crippen LogP contribution >= 0.6 is 11.6 Å². The van der Waals surface area contributed by atoms with Gasteiger partial charge in [0.2, 0.25) is 0 Å². The maximum atomic E-state index is 14.4. The van der Waals surface area contributed by atoms with Crippen molar-refractivity contribution in [1.82, 2.24) is 4.90 Å². The van der Waals surface area contributed by atoms with Crippen molar-refractivity contribution < 1.29 is 14.3 Å². The molecule has 1 unspecified atom stereocenters. The smallest absolute Gasteiger partial charge is 0.262 e. The van der Waals surface area contributed by atoms with E-state index in [-0.39, 0.29) is 18.4 Å². The molecule has 0 saturated carbocycles. The number of benzene rings is 3. The first kappa shape index (κ1) is 21.5. The van der Waals surface area contributed by atoms with Crippen LogP contribution in [0.5, 0.6) is 5.75 Å². The minimum Gasteiger partial charge on any atom is -0.497 e. The molecule has 2 amide bonds. The fourth-order valence-corrected chi connectivity index (χ4v) is 5.28. The third-order valence-electron chi connectivity index (χ3n) is 6.47. The molecule has 0 aliphatic carbocycles. The third kappa shape index (κ3) is 2.99. The maximum Gasteiger partial charge on any atom is 0.262 e. The minimum absolute atomic E-state index is 0.126. The number of carbonyl (C=O) groups is 2. The zero-order valence-corrected chi connectivity index (χ0v) is 19.8. The highest BCUT2D eigenvalue weighted by Crippen LogP contribution is 2.55. The summed E-state index contributed by atoms with van der Waals surface area (Å²) in [4.78, 5) is 31.7. The molecule has 33 heavy (non-hydrogen) atoms. The Kier molecular flexibility index (Phi) is 4.80. The molecule has 0 bridgehead atoms. The number of hydrogen-bond acceptors (Lipinski definition) is 3. The summed E-state index contributed by atoms with van der Waals surface area (Å²) in [5.41, 5.74) is 1.96. The normalized spacial score (nSPS) is 19.3. The van der Waals surface area contributed by atoms with E-state index in [1.165, 1.54) is 0 Å². The molecule has 0 N–H and O–H groups in total. The van der Waals surface area contributed by atoms with Crippen LogP contribution in [0.3, 0.4) is 0 Å². The molecular formula is C27H25ClN2O3. The molecule has 2 aliphatic rings. The van der Waals surface area contributed by atoms with Gasteiger partial charge in [-0.2, -0.15) is 0 Å². The molecule has 1 atom stereocenters. The van der Waals surface area contributed by atoms with E-state index in [0.29, 0.717) is 16.1 Å². The number of anilines is 1. The number of hydrogen-bond donors (Lipinski definition) is 0. The number of nitrogens with zero attached hydrogens (tertiary/aromatic N) is 2. The lowest BCUT2D eigenvalue weighted by Crippen LogP contribution is -2.55. The summed E-state index contributed by atoms with van der Waals surface area (Å²) in [5, 5.41) is 0.468. The molecule has 3 aromatic carbocycles. The second kappa shape index (κ2) is 7.35. The topological polar surface area (TPSA) is 49.9 Å². The van der Waals surface area contributed by atoms with Crippen molar-refractivity contribution in [2.75, 3.05) is 12.0 Å². The van der Waals surface area contributed by atoms with Gasteiger partial charge in [-0.05, 0) is 56.7 Å². The lowest BCUT2D eigenvalue weighted by molar-refractivity contribution is -0.127.